The van der Waals surface area contributed by atoms with Gasteiger partial charge in [-0.3, -0.25) is 4.79 Å². The summed E-state index contributed by atoms with van der Waals surface area (Å²) in [5, 5.41) is 0.871. The minimum Gasteiger partial charge on any atom is -0.457 e. The Morgan fingerprint density at radius 1 is 0.750 bits per heavy atom. The molecule has 0 aliphatic heterocycles. The van der Waals surface area contributed by atoms with Crippen molar-refractivity contribution >= 4 is 29.0 Å². The quantitative estimate of drug-likeness (QED) is 0.510. The van der Waals surface area contributed by atoms with Crippen molar-refractivity contribution in [3.63, 3.8) is 0 Å². The van der Waals surface area contributed by atoms with Crippen molar-refractivity contribution in [1.82, 2.24) is 0 Å². The summed E-state index contributed by atoms with van der Waals surface area (Å²) < 4.78 is 5.76. The summed E-state index contributed by atoms with van der Waals surface area (Å²) in [5.41, 5.74) is 2.17. The van der Waals surface area contributed by atoms with Crippen molar-refractivity contribution in [2.45, 2.75) is 6.92 Å². The van der Waals surface area contributed by atoms with Gasteiger partial charge in [0.05, 0.1) is 0 Å². The van der Waals surface area contributed by atoms with Crippen LogP contribution in [0.2, 0.25) is 10.0 Å². The lowest BCUT2D eigenvalue weighted by molar-refractivity contribution is 0.103. The van der Waals surface area contributed by atoms with E-state index in [9.17, 15) is 4.79 Å². The third-order valence-corrected chi connectivity index (χ3v) is 3.93. The van der Waals surface area contributed by atoms with Crippen LogP contribution in [0.15, 0.2) is 66.7 Å². The highest BCUT2D eigenvalue weighted by Crippen LogP contribution is 2.24. The molecule has 0 atom stereocenters. The smallest absolute Gasteiger partial charge is 0.193 e. The molecule has 3 rings (SSSR count). The van der Waals surface area contributed by atoms with Crippen molar-refractivity contribution in [1.29, 1.82) is 0 Å². The molecular weight excluding hydrogens is 343 g/mol. The van der Waals surface area contributed by atoms with Crippen LogP contribution in [0.1, 0.15) is 21.5 Å². The topological polar surface area (TPSA) is 26.3 Å². The Morgan fingerprint density at radius 2 is 1.25 bits per heavy atom. The van der Waals surface area contributed by atoms with E-state index in [2.05, 4.69) is 0 Å². The summed E-state index contributed by atoms with van der Waals surface area (Å²) in [4.78, 5) is 12.5. The Hall–Kier alpha value is -2.29. The number of hydrogen-bond acceptors (Lipinski definition) is 2. The van der Waals surface area contributed by atoms with E-state index in [1.807, 2.05) is 31.2 Å². The van der Waals surface area contributed by atoms with E-state index >= 15 is 0 Å². The second kappa shape index (κ2) is 7.08. The zero-order chi connectivity index (χ0) is 17.1. The van der Waals surface area contributed by atoms with Gasteiger partial charge in [0, 0.05) is 21.2 Å². The number of carbonyl (C=O) groups excluding carboxylic acids is 1. The molecule has 3 aromatic rings. The molecule has 0 aliphatic rings. The minimum absolute atomic E-state index is 0.138. The first-order chi connectivity index (χ1) is 11.5. The van der Waals surface area contributed by atoms with Crippen LogP contribution in [0.5, 0.6) is 11.5 Å². The molecule has 0 amide bonds. The fourth-order valence-corrected chi connectivity index (χ4v) is 2.79. The fourth-order valence-electron chi connectivity index (χ4n) is 2.27. The molecule has 0 saturated heterocycles. The predicted octanol–water partition coefficient (Wildman–Crippen LogP) is 6.33. The normalized spacial score (nSPS) is 10.5. The summed E-state index contributed by atoms with van der Waals surface area (Å²) in [6.07, 6.45) is 0. The van der Waals surface area contributed by atoms with E-state index in [1.54, 1.807) is 42.5 Å². The van der Waals surface area contributed by atoms with Gasteiger partial charge in [-0.1, -0.05) is 40.9 Å². The van der Waals surface area contributed by atoms with Gasteiger partial charge in [0.15, 0.2) is 5.78 Å². The molecule has 0 heterocycles. The molecule has 0 bridgehead atoms. The molecule has 0 saturated carbocycles. The van der Waals surface area contributed by atoms with Gasteiger partial charge in [-0.05, 0) is 61.5 Å². The van der Waals surface area contributed by atoms with Crippen molar-refractivity contribution in [2.24, 2.45) is 0 Å². The molecule has 120 valence electrons. The van der Waals surface area contributed by atoms with Gasteiger partial charge in [-0.2, -0.15) is 0 Å². The molecule has 0 spiro atoms. The van der Waals surface area contributed by atoms with Crippen LogP contribution in [0.25, 0.3) is 0 Å². The Kier molecular flexibility index (Phi) is 4.89. The Balaban J connectivity index is 1.78. The first-order valence-electron chi connectivity index (χ1n) is 7.37. The van der Waals surface area contributed by atoms with E-state index in [0.29, 0.717) is 26.9 Å². The predicted molar refractivity (Wildman–Crippen MR) is 97.6 cm³/mol. The van der Waals surface area contributed by atoms with Crippen molar-refractivity contribution in [2.75, 3.05) is 0 Å². The Labute approximate surface area is 150 Å². The summed E-state index contributed by atoms with van der Waals surface area (Å²) in [6, 6.07) is 19.5. The maximum atomic E-state index is 12.5. The van der Waals surface area contributed by atoms with Crippen LogP contribution < -0.4 is 4.74 Å². The van der Waals surface area contributed by atoms with Gasteiger partial charge in [0.25, 0.3) is 0 Å². The summed E-state index contributed by atoms with van der Waals surface area (Å²) in [7, 11) is 0. The van der Waals surface area contributed by atoms with Crippen molar-refractivity contribution < 1.29 is 9.53 Å². The molecule has 0 radical (unpaired) electrons. The molecule has 0 fully saturated rings. The summed E-state index contributed by atoms with van der Waals surface area (Å²) in [6.45, 7) is 2.02. The largest absolute Gasteiger partial charge is 0.457 e. The van der Waals surface area contributed by atoms with E-state index in [-0.39, 0.29) is 5.78 Å². The van der Waals surface area contributed by atoms with Gasteiger partial charge < -0.3 is 4.74 Å². The number of benzene rings is 3. The molecule has 0 aliphatic carbocycles. The third kappa shape index (κ3) is 3.97. The SMILES string of the molecule is Cc1ccc(Oc2ccc(C(=O)c3cc(Cl)cc(Cl)c3)cc2)cc1. The average Bonchev–Trinajstić information content (AvgIpc) is 2.56. The van der Waals surface area contributed by atoms with Gasteiger partial charge >= 0.3 is 0 Å². The van der Waals surface area contributed by atoms with Crippen LogP contribution in [0.4, 0.5) is 0 Å². The number of carbonyl (C=O) groups is 1. The lowest BCUT2D eigenvalue weighted by Crippen LogP contribution is -2.01. The molecule has 3 aromatic carbocycles. The molecule has 2 nitrogen and oxygen atoms in total. The second-order valence-corrected chi connectivity index (χ2v) is 6.30. The van der Waals surface area contributed by atoms with E-state index in [4.69, 9.17) is 27.9 Å². The van der Waals surface area contributed by atoms with E-state index < -0.39 is 0 Å². The highest BCUT2D eigenvalue weighted by molar-refractivity contribution is 6.35. The van der Waals surface area contributed by atoms with Gasteiger partial charge in [-0.15, -0.1) is 0 Å². The maximum absolute atomic E-state index is 12.5. The number of ether oxygens (including phenoxy) is 1. The van der Waals surface area contributed by atoms with E-state index in [0.717, 1.165) is 5.75 Å². The monoisotopic (exact) mass is 356 g/mol. The molecule has 24 heavy (non-hydrogen) atoms. The minimum atomic E-state index is -0.138. The van der Waals surface area contributed by atoms with Crippen LogP contribution >= 0.6 is 23.2 Å². The number of hydrogen-bond donors (Lipinski definition) is 0. The zero-order valence-electron chi connectivity index (χ0n) is 12.9. The van der Waals surface area contributed by atoms with Crippen LogP contribution in [-0.4, -0.2) is 5.78 Å². The first-order valence-corrected chi connectivity index (χ1v) is 8.12. The van der Waals surface area contributed by atoms with Gasteiger partial charge in [-0.25, -0.2) is 0 Å². The van der Waals surface area contributed by atoms with Crippen molar-refractivity contribution in [3.05, 3.63) is 93.5 Å². The number of halogens is 2. The highest BCUT2D eigenvalue weighted by Gasteiger charge is 2.11. The zero-order valence-corrected chi connectivity index (χ0v) is 14.4. The molecule has 0 unspecified atom stereocenters. The summed E-state index contributed by atoms with van der Waals surface area (Å²) in [5.74, 6) is 1.28. The van der Waals surface area contributed by atoms with Crippen LogP contribution in [-0.2, 0) is 0 Å². The van der Waals surface area contributed by atoms with Gasteiger partial charge in [0.1, 0.15) is 11.5 Å². The van der Waals surface area contributed by atoms with Crippen LogP contribution in [0, 0.1) is 6.92 Å². The molecule has 0 aromatic heterocycles. The first kappa shape index (κ1) is 16.6. The van der Waals surface area contributed by atoms with Gasteiger partial charge in [0.2, 0.25) is 0 Å². The second-order valence-electron chi connectivity index (χ2n) is 5.43. The lowest BCUT2D eigenvalue weighted by atomic mass is 10.0. The molecule has 4 heteroatoms. The molecular formula is C20H14Cl2O2. The fraction of sp³-hybridized carbons (Fsp3) is 0.0500. The number of ketones is 1. The highest BCUT2D eigenvalue weighted by atomic mass is 35.5. The maximum Gasteiger partial charge on any atom is 0.193 e. The number of rotatable bonds is 4. The van der Waals surface area contributed by atoms with Crippen molar-refractivity contribution in [3.8, 4) is 11.5 Å². The standard InChI is InChI=1S/C20H14Cl2O2/c1-13-2-6-18(7-3-13)24-19-8-4-14(5-9-19)20(23)15-10-16(21)12-17(22)11-15/h2-12H,1H3. The number of aryl methyl sites for hydroxylation is 1. The Morgan fingerprint density at radius 3 is 1.79 bits per heavy atom. The van der Waals surface area contributed by atoms with Crippen LogP contribution in [0.3, 0.4) is 0 Å². The summed E-state index contributed by atoms with van der Waals surface area (Å²) >= 11 is 11.9. The average molecular weight is 357 g/mol. The third-order valence-electron chi connectivity index (χ3n) is 3.50. The molecule has 0 N–H and O–H groups in total. The lowest BCUT2D eigenvalue weighted by Gasteiger charge is -2.07. The Bertz CT molecular complexity index is 849. The van der Waals surface area contributed by atoms with E-state index in [1.165, 1.54) is 5.56 Å².